The quantitative estimate of drug-likeness (QED) is 0.420. The van der Waals surface area contributed by atoms with E-state index >= 15 is 0 Å². The summed E-state index contributed by atoms with van der Waals surface area (Å²) in [6.07, 6.45) is 3.79. The molecular formula is C30H38O4. The van der Waals surface area contributed by atoms with Crippen molar-refractivity contribution in [2.45, 2.75) is 65.8 Å². The maximum Gasteiger partial charge on any atom is 0.334 e. The van der Waals surface area contributed by atoms with E-state index in [0.29, 0.717) is 19.8 Å². The Labute approximate surface area is 204 Å². The van der Waals surface area contributed by atoms with Crippen molar-refractivity contribution < 1.29 is 19.0 Å². The molecule has 0 heterocycles. The Hall–Kier alpha value is -2.43. The van der Waals surface area contributed by atoms with Crippen molar-refractivity contribution in [1.29, 1.82) is 0 Å². The maximum atomic E-state index is 12.9. The topological polar surface area (TPSA) is 44.8 Å². The highest BCUT2D eigenvalue weighted by Gasteiger charge is 2.58. The highest BCUT2D eigenvalue weighted by Crippen LogP contribution is 2.60. The molecule has 0 N–H and O–H groups in total. The van der Waals surface area contributed by atoms with Gasteiger partial charge >= 0.3 is 5.97 Å². The molecule has 0 unspecified atom stereocenters. The molecule has 0 amide bonds. The summed E-state index contributed by atoms with van der Waals surface area (Å²) in [6.45, 7) is 8.41. The molecule has 0 bridgehead atoms. The number of rotatable bonds is 8. The lowest BCUT2D eigenvalue weighted by atomic mass is 9.49. The van der Waals surface area contributed by atoms with Crippen LogP contribution < -0.4 is 0 Å². The first kappa shape index (κ1) is 24.7. The molecule has 4 nitrogen and oxygen atoms in total. The first-order valence-corrected chi connectivity index (χ1v) is 12.4. The van der Waals surface area contributed by atoms with Crippen LogP contribution in [0.2, 0.25) is 0 Å². The van der Waals surface area contributed by atoms with Crippen molar-refractivity contribution in [1.82, 2.24) is 0 Å². The van der Waals surface area contributed by atoms with Crippen molar-refractivity contribution in [2.24, 2.45) is 16.7 Å². The number of fused-ring (bicyclic) bond motifs is 1. The van der Waals surface area contributed by atoms with Gasteiger partial charge in [0.15, 0.2) is 0 Å². The van der Waals surface area contributed by atoms with E-state index in [1.54, 1.807) is 0 Å². The highest BCUT2D eigenvalue weighted by atomic mass is 16.5. The van der Waals surface area contributed by atoms with Crippen LogP contribution >= 0.6 is 0 Å². The molecule has 0 saturated heterocycles. The van der Waals surface area contributed by atoms with Crippen LogP contribution in [-0.4, -0.2) is 25.8 Å². The predicted molar refractivity (Wildman–Crippen MR) is 134 cm³/mol. The van der Waals surface area contributed by atoms with Gasteiger partial charge in [0.25, 0.3) is 0 Å². The fourth-order valence-electron chi connectivity index (χ4n) is 6.52. The molecule has 0 aromatic heterocycles. The molecule has 4 heteroatoms. The van der Waals surface area contributed by atoms with Crippen LogP contribution in [0.15, 0.2) is 71.8 Å². The third-order valence-electron chi connectivity index (χ3n) is 8.24. The minimum absolute atomic E-state index is 0.0545. The lowest BCUT2D eigenvalue weighted by molar-refractivity contribution is -0.169. The number of hydrogen-bond acceptors (Lipinski definition) is 4. The van der Waals surface area contributed by atoms with Gasteiger partial charge < -0.3 is 14.2 Å². The second-order valence-corrected chi connectivity index (χ2v) is 10.5. The van der Waals surface area contributed by atoms with Gasteiger partial charge in [-0.3, -0.25) is 0 Å². The molecule has 0 aliphatic heterocycles. The SMILES string of the molecule is COC(=O)C1=C(C)CC[C@H]2[C@](C)(COCc3ccccc3)[C@@H](OCc3ccccc3)CC[C@]12C. The lowest BCUT2D eigenvalue weighted by Crippen LogP contribution is -2.57. The Morgan fingerprint density at radius 1 is 0.941 bits per heavy atom. The van der Waals surface area contributed by atoms with Crippen LogP contribution in [0.25, 0.3) is 0 Å². The molecule has 2 aliphatic rings. The number of hydrogen-bond donors (Lipinski definition) is 0. The van der Waals surface area contributed by atoms with E-state index in [-0.39, 0.29) is 28.8 Å². The average Bonchev–Trinajstić information content (AvgIpc) is 2.84. The Balaban J connectivity index is 1.60. The highest BCUT2D eigenvalue weighted by molar-refractivity contribution is 5.91. The van der Waals surface area contributed by atoms with Crippen molar-refractivity contribution in [2.75, 3.05) is 13.7 Å². The smallest absolute Gasteiger partial charge is 0.334 e. The normalized spacial score (nSPS) is 28.9. The van der Waals surface area contributed by atoms with E-state index in [2.05, 4.69) is 57.2 Å². The molecule has 0 spiro atoms. The molecule has 34 heavy (non-hydrogen) atoms. The van der Waals surface area contributed by atoms with Gasteiger partial charge in [0.05, 0.1) is 33.0 Å². The Kier molecular flexibility index (Phi) is 7.59. The number of esters is 1. The van der Waals surface area contributed by atoms with Crippen LogP contribution in [-0.2, 0) is 32.2 Å². The summed E-state index contributed by atoms with van der Waals surface area (Å²) in [7, 11) is 1.49. The van der Waals surface area contributed by atoms with E-state index in [9.17, 15) is 4.79 Å². The predicted octanol–water partition coefficient (Wildman–Crippen LogP) is 6.49. The van der Waals surface area contributed by atoms with Crippen LogP contribution in [0.4, 0.5) is 0 Å². The third kappa shape index (κ3) is 4.85. The van der Waals surface area contributed by atoms with Gasteiger partial charge in [0, 0.05) is 16.4 Å². The summed E-state index contributed by atoms with van der Waals surface area (Å²) in [5.41, 5.74) is 3.92. The monoisotopic (exact) mass is 462 g/mol. The number of benzene rings is 2. The standard InChI is InChI=1S/C30H38O4/c1-22-15-16-25-29(2,27(22)28(31)32-4)18-17-26(34-20-24-13-9-6-10-14-24)30(25,3)21-33-19-23-11-7-5-8-12-23/h5-14,25-26H,15-21H2,1-4H3/t25-,26+,29+,30+/m1/s1. The molecule has 182 valence electrons. The second-order valence-electron chi connectivity index (χ2n) is 10.5. The molecule has 2 aromatic rings. The van der Waals surface area contributed by atoms with Gasteiger partial charge in [-0.1, -0.05) is 80.1 Å². The zero-order valence-corrected chi connectivity index (χ0v) is 21.0. The zero-order chi connectivity index (χ0) is 24.2. The maximum absolute atomic E-state index is 12.9. The Bertz CT molecular complexity index is 999. The van der Waals surface area contributed by atoms with Gasteiger partial charge in [0.1, 0.15) is 0 Å². The number of carbonyl (C=O) groups excluding carboxylic acids is 1. The summed E-state index contributed by atoms with van der Waals surface area (Å²) in [4.78, 5) is 12.9. The van der Waals surface area contributed by atoms with Crippen molar-refractivity contribution >= 4 is 5.97 Å². The summed E-state index contributed by atoms with van der Waals surface area (Å²) in [5.74, 6) is 0.0870. The molecule has 2 aromatic carbocycles. The van der Waals surface area contributed by atoms with Crippen LogP contribution in [0, 0.1) is 16.7 Å². The number of ether oxygens (including phenoxy) is 3. The average molecular weight is 463 g/mol. The molecule has 1 fully saturated rings. The fraction of sp³-hybridized carbons (Fsp3) is 0.500. The molecule has 4 rings (SSSR count). The van der Waals surface area contributed by atoms with Gasteiger partial charge in [0.2, 0.25) is 0 Å². The number of carbonyl (C=O) groups is 1. The summed E-state index contributed by atoms with van der Waals surface area (Å²) in [6, 6.07) is 20.7. The van der Waals surface area contributed by atoms with Crippen molar-refractivity contribution in [3.63, 3.8) is 0 Å². The first-order valence-electron chi connectivity index (χ1n) is 12.4. The van der Waals surface area contributed by atoms with Crippen molar-refractivity contribution in [3.05, 3.63) is 82.9 Å². The van der Waals surface area contributed by atoms with Crippen LogP contribution in [0.1, 0.15) is 57.6 Å². The summed E-state index contributed by atoms with van der Waals surface area (Å²) >= 11 is 0. The summed E-state index contributed by atoms with van der Waals surface area (Å²) < 4.78 is 18.2. The fourth-order valence-corrected chi connectivity index (χ4v) is 6.52. The second kappa shape index (κ2) is 10.5. The third-order valence-corrected chi connectivity index (χ3v) is 8.24. The molecule has 1 saturated carbocycles. The van der Waals surface area contributed by atoms with Crippen molar-refractivity contribution in [3.8, 4) is 0 Å². The first-order chi connectivity index (χ1) is 16.4. The molecule has 0 radical (unpaired) electrons. The zero-order valence-electron chi connectivity index (χ0n) is 21.0. The van der Waals surface area contributed by atoms with E-state index in [0.717, 1.165) is 31.3 Å². The number of methoxy groups -OCH3 is 1. The van der Waals surface area contributed by atoms with Crippen LogP contribution in [0.5, 0.6) is 0 Å². The van der Waals surface area contributed by atoms with Gasteiger partial charge in [-0.2, -0.15) is 0 Å². The lowest BCUT2D eigenvalue weighted by Gasteiger charge is -2.58. The van der Waals surface area contributed by atoms with E-state index in [4.69, 9.17) is 14.2 Å². The van der Waals surface area contributed by atoms with E-state index in [1.807, 2.05) is 24.3 Å². The molecular weight excluding hydrogens is 424 g/mol. The minimum Gasteiger partial charge on any atom is -0.466 e. The van der Waals surface area contributed by atoms with Gasteiger partial charge in [-0.15, -0.1) is 0 Å². The summed E-state index contributed by atoms with van der Waals surface area (Å²) in [5, 5.41) is 0. The van der Waals surface area contributed by atoms with Gasteiger partial charge in [-0.05, 0) is 49.7 Å². The Morgan fingerprint density at radius 3 is 2.18 bits per heavy atom. The molecule has 2 aliphatic carbocycles. The van der Waals surface area contributed by atoms with Gasteiger partial charge in [-0.25, -0.2) is 4.79 Å². The molecule has 4 atom stereocenters. The van der Waals surface area contributed by atoms with Crippen LogP contribution in [0.3, 0.4) is 0 Å². The van der Waals surface area contributed by atoms with E-state index in [1.165, 1.54) is 23.8 Å². The van der Waals surface area contributed by atoms with E-state index < -0.39 is 0 Å². The largest absolute Gasteiger partial charge is 0.466 e. The number of allylic oxidation sites excluding steroid dienone is 1. The Morgan fingerprint density at radius 2 is 1.56 bits per heavy atom. The minimum atomic E-state index is -0.243.